The van der Waals surface area contributed by atoms with Gasteiger partial charge < -0.3 is 10.1 Å². The molecule has 0 aliphatic heterocycles. The summed E-state index contributed by atoms with van der Waals surface area (Å²) in [5, 5.41) is 14.7. The minimum absolute atomic E-state index is 0.0762. The molecule has 0 amide bonds. The summed E-state index contributed by atoms with van der Waals surface area (Å²) in [6, 6.07) is 10.2. The van der Waals surface area contributed by atoms with Crippen LogP contribution in [0.5, 0.6) is 5.75 Å². The first kappa shape index (κ1) is 15.6. The third-order valence-corrected chi connectivity index (χ3v) is 3.87. The van der Waals surface area contributed by atoms with Crippen LogP contribution in [-0.2, 0) is 6.54 Å². The highest BCUT2D eigenvalue weighted by molar-refractivity contribution is 9.10. The third-order valence-electron chi connectivity index (χ3n) is 2.87. The molecule has 0 fully saturated rings. The molecule has 0 aromatic heterocycles. The van der Waals surface area contributed by atoms with Gasteiger partial charge in [0.25, 0.3) is 0 Å². The highest BCUT2D eigenvalue weighted by Crippen LogP contribution is 2.30. The van der Waals surface area contributed by atoms with E-state index >= 15 is 0 Å². The number of halogens is 2. The summed E-state index contributed by atoms with van der Waals surface area (Å²) in [6.45, 7) is 0.491. The summed E-state index contributed by atoms with van der Waals surface area (Å²) in [6.07, 6.45) is 0. The molecule has 0 bridgehead atoms. The molecule has 0 aliphatic rings. The van der Waals surface area contributed by atoms with Gasteiger partial charge in [0, 0.05) is 27.8 Å². The van der Waals surface area contributed by atoms with E-state index in [-0.39, 0.29) is 11.4 Å². The Balaban J connectivity index is 2.18. The molecule has 0 radical (unpaired) electrons. The summed E-state index contributed by atoms with van der Waals surface area (Å²) in [7, 11) is 1.40. The number of nitrogens with one attached hydrogen (secondary N) is 1. The van der Waals surface area contributed by atoms with E-state index in [0.29, 0.717) is 17.3 Å². The van der Waals surface area contributed by atoms with E-state index in [0.717, 1.165) is 10.0 Å². The number of methoxy groups -OCH3 is 1. The van der Waals surface area contributed by atoms with Gasteiger partial charge in [0.15, 0.2) is 5.75 Å². The Morgan fingerprint density at radius 2 is 2.10 bits per heavy atom. The molecule has 110 valence electrons. The van der Waals surface area contributed by atoms with Crippen LogP contribution in [-0.4, -0.2) is 12.0 Å². The predicted molar refractivity (Wildman–Crippen MR) is 86.1 cm³/mol. The first-order valence-electron chi connectivity index (χ1n) is 6.01. The Morgan fingerprint density at radius 1 is 1.33 bits per heavy atom. The van der Waals surface area contributed by atoms with Crippen molar-refractivity contribution in [1.82, 2.24) is 0 Å². The fourth-order valence-electron chi connectivity index (χ4n) is 1.82. The molecular formula is C14H12BrClN2O3. The largest absolute Gasteiger partial charge is 0.490 e. The molecule has 0 spiro atoms. The highest BCUT2D eigenvalue weighted by atomic mass is 79.9. The smallest absolute Gasteiger partial charge is 0.312 e. The number of hydrogen-bond acceptors (Lipinski definition) is 4. The maximum absolute atomic E-state index is 11.0. The van der Waals surface area contributed by atoms with Crippen LogP contribution in [0.3, 0.4) is 0 Å². The van der Waals surface area contributed by atoms with Crippen molar-refractivity contribution in [3.63, 3.8) is 0 Å². The van der Waals surface area contributed by atoms with E-state index in [2.05, 4.69) is 21.2 Å². The second-order valence-electron chi connectivity index (χ2n) is 4.23. The molecule has 5 nitrogen and oxygen atoms in total. The highest BCUT2D eigenvalue weighted by Gasteiger charge is 2.15. The van der Waals surface area contributed by atoms with Crippen LogP contribution in [0, 0.1) is 10.1 Å². The Labute approximate surface area is 135 Å². The lowest BCUT2D eigenvalue weighted by Gasteiger charge is -2.10. The number of rotatable bonds is 5. The average molecular weight is 372 g/mol. The normalized spacial score (nSPS) is 10.2. The number of ether oxygens (including phenoxy) is 1. The van der Waals surface area contributed by atoms with Crippen LogP contribution in [0.15, 0.2) is 40.9 Å². The predicted octanol–water partition coefficient (Wildman–Crippen LogP) is 4.63. The lowest BCUT2D eigenvalue weighted by atomic mass is 10.2. The molecule has 0 aliphatic carbocycles. The fraction of sp³-hybridized carbons (Fsp3) is 0.143. The summed E-state index contributed by atoms with van der Waals surface area (Å²) in [4.78, 5) is 10.5. The third kappa shape index (κ3) is 3.86. The van der Waals surface area contributed by atoms with Gasteiger partial charge in [0.2, 0.25) is 0 Å². The quantitative estimate of drug-likeness (QED) is 0.614. The molecule has 0 atom stereocenters. The summed E-state index contributed by atoms with van der Waals surface area (Å²) in [5.41, 5.74) is 1.52. The molecule has 2 aromatic carbocycles. The molecule has 0 unspecified atom stereocenters. The van der Waals surface area contributed by atoms with Crippen molar-refractivity contribution in [3.05, 3.63) is 61.6 Å². The summed E-state index contributed by atoms with van der Waals surface area (Å²) in [5.74, 6) is 0.231. The minimum atomic E-state index is -0.473. The van der Waals surface area contributed by atoms with E-state index in [1.807, 2.05) is 12.1 Å². The van der Waals surface area contributed by atoms with Gasteiger partial charge >= 0.3 is 5.69 Å². The lowest BCUT2D eigenvalue weighted by Crippen LogP contribution is -2.01. The monoisotopic (exact) mass is 370 g/mol. The molecule has 1 N–H and O–H groups in total. The van der Waals surface area contributed by atoms with Crippen molar-refractivity contribution >= 4 is 38.9 Å². The van der Waals surface area contributed by atoms with Crippen molar-refractivity contribution in [3.8, 4) is 5.75 Å². The standard InChI is InChI=1S/C14H12BrClN2O3/c1-21-14-5-3-11(7-13(14)18(19)20)17-8-9-6-10(16)2-4-12(9)15/h2-7,17H,8H2,1H3. The first-order chi connectivity index (χ1) is 10.0. The SMILES string of the molecule is COc1ccc(NCc2cc(Cl)ccc2Br)cc1[N+](=O)[O-]. The number of hydrogen-bond donors (Lipinski definition) is 1. The van der Waals surface area contributed by atoms with E-state index in [9.17, 15) is 10.1 Å². The number of nitrogens with zero attached hydrogens (tertiary/aromatic N) is 1. The van der Waals surface area contributed by atoms with Gasteiger partial charge in [0.05, 0.1) is 12.0 Å². The number of nitro benzene ring substituents is 1. The van der Waals surface area contributed by atoms with Gasteiger partial charge in [0.1, 0.15) is 0 Å². The summed E-state index contributed by atoms with van der Waals surface area (Å²) < 4.78 is 5.88. The van der Waals surface area contributed by atoms with Crippen LogP contribution in [0.4, 0.5) is 11.4 Å². The Kier molecular flexibility index (Phi) is 5.03. The molecular weight excluding hydrogens is 360 g/mol. The van der Waals surface area contributed by atoms with Gasteiger partial charge in [-0.05, 0) is 35.9 Å². The first-order valence-corrected chi connectivity index (χ1v) is 7.18. The topological polar surface area (TPSA) is 64.4 Å². The van der Waals surface area contributed by atoms with Crippen LogP contribution >= 0.6 is 27.5 Å². The molecule has 7 heteroatoms. The van der Waals surface area contributed by atoms with Crippen LogP contribution in [0.1, 0.15) is 5.56 Å². The number of nitro groups is 1. The van der Waals surface area contributed by atoms with Crippen molar-refractivity contribution in [2.75, 3.05) is 12.4 Å². The second kappa shape index (κ2) is 6.78. The fourth-order valence-corrected chi connectivity index (χ4v) is 2.40. The minimum Gasteiger partial charge on any atom is -0.490 e. The van der Waals surface area contributed by atoms with Gasteiger partial charge in [-0.25, -0.2) is 0 Å². The second-order valence-corrected chi connectivity index (χ2v) is 5.52. The molecule has 2 aromatic rings. The van der Waals surface area contributed by atoms with Crippen LogP contribution in [0.25, 0.3) is 0 Å². The van der Waals surface area contributed by atoms with Crippen molar-refractivity contribution < 1.29 is 9.66 Å². The zero-order chi connectivity index (χ0) is 15.4. The Bertz CT molecular complexity index is 679. The Hall–Kier alpha value is -1.79. The maximum atomic E-state index is 11.0. The lowest BCUT2D eigenvalue weighted by molar-refractivity contribution is -0.385. The maximum Gasteiger partial charge on any atom is 0.312 e. The van der Waals surface area contributed by atoms with Gasteiger partial charge in [-0.2, -0.15) is 0 Å². The van der Waals surface area contributed by atoms with Crippen LogP contribution in [0.2, 0.25) is 5.02 Å². The molecule has 0 heterocycles. The van der Waals surface area contributed by atoms with Crippen molar-refractivity contribution in [2.45, 2.75) is 6.54 Å². The van der Waals surface area contributed by atoms with Gasteiger partial charge in [-0.15, -0.1) is 0 Å². The number of anilines is 1. The van der Waals surface area contributed by atoms with E-state index in [1.165, 1.54) is 13.2 Å². The van der Waals surface area contributed by atoms with Gasteiger partial charge in [-0.1, -0.05) is 27.5 Å². The zero-order valence-corrected chi connectivity index (χ0v) is 13.4. The van der Waals surface area contributed by atoms with E-state index in [1.54, 1.807) is 18.2 Å². The number of benzene rings is 2. The van der Waals surface area contributed by atoms with Gasteiger partial charge in [-0.3, -0.25) is 10.1 Å². The molecule has 2 rings (SSSR count). The van der Waals surface area contributed by atoms with Crippen molar-refractivity contribution in [1.29, 1.82) is 0 Å². The van der Waals surface area contributed by atoms with E-state index < -0.39 is 4.92 Å². The van der Waals surface area contributed by atoms with Crippen molar-refractivity contribution in [2.24, 2.45) is 0 Å². The molecule has 21 heavy (non-hydrogen) atoms. The molecule has 0 saturated carbocycles. The Morgan fingerprint density at radius 3 is 2.76 bits per heavy atom. The zero-order valence-electron chi connectivity index (χ0n) is 11.1. The molecule has 0 saturated heterocycles. The van der Waals surface area contributed by atoms with E-state index in [4.69, 9.17) is 16.3 Å². The van der Waals surface area contributed by atoms with Crippen LogP contribution < -0.4 is 10.1 Å². The average Bonchev–Trinajstić information content (AvgIpc) is 2.47. The summed E-state index contributed by atoms with van der Waals surface area (Å²) >= 11 is 9.39.